The molecule has 2 aromatic carbocycles. The maximum Gasteiger partial charge on any atom is 0.0702 e. The van der Waals surface area contributed by atoms with Crippen molar-refractivity contribution >= 4 is 44.1 Å². The fraction of sp³-hybridized carbons (Fsp3) is 0.304. The van der Waals surface area contributed by atoms with E-state index in [0.717, 1.165) is 35.7 Å². The number of aliphatic hydroxyl groups is 1. The minimum atomic E-state index is 0.0825. The van der Waals surface area contributed by atoms with Gasteiger partial charge in [-0.15, -0.1) is 11.3 Å². The number of aliphatic hydroxyl groups excluding tert-OH is 1. The van der Waals surface area contributed by atoms with Crippen molar-refractivity contribution in [2.24, 2.45) is 0 Å². The summed E-state index contributed by atoms with van der Waals surface area (Å²) >= 11 is 3.97. The largest absolute Gasteiger partial charge is 0.392 e. The molecule has 4 aromatic rings. The average Bonchev–Trinajstić information content (AvgIpc) is 3.32. The van der Waals surface area contributed by atoms with Gasteiger partial charge in [0.1, 0.15) is 0 Å². The van der Waals surface area contributed by atoms with Crippen molar-refractivity contribution < 1.29 is 5.11 Å². The van der Waals surface area contributed by atoms with Crippen LogP contribution in [-0.2, 0) is 25.3 Å². The van der Waals surface area contributed by atoms with Gasteiger partial charge >= 0.3 is 0 Å². The zero-order chi connectivity index (χ0) is 18.9. The number of nitrogens with zero attached hydrogens (tertiary/aromatic N) is 1. The predicted octanol–water partition coefficient (Wildman–Crippen LogP) is 5.17. The Hall–Kier alpha value is -1.79. The molecule has 0 saturated carbocycles. The molecule has 3 nitrogen and oxygen atoms in total. The molecule has 1 aliphatic rings. The van der Waals surface area contributed by atoms with E-state index in [0.29, 0.717) is 0 Å². The minimum absolute atomic E-state index is 0.0825. The van der Waals surface area contributed by atoms with E-state index in [2.05, 4.69) is 46.4 Å². The number of thiophene rings is 1. The highest BCUT2D eigenvalue weighted by Gasteiger charge is 2.20. The van der Waals surface area contributed by atoms with E-state index < -0.39 is 0 Å². The van der Waals surface area contributed by atoms with E-state index in [9.17, 15) is 5.11 Å². The Morgan fingerprint density at radius 2 is 1.96 bits per heavy atom. The molecular formula is C23H24N2OS2. The van der Waals surface area contributed by atoms with Crippen LogP contribution in [0.15, 0.2) is 48.7 Å². The Labute approximate surface area is 173 Å². The van der Waals surface area contributed by atoms with Gasteiger partial charge in [-0.1, -0.05) is 36.4 Å². The second-order valence-corrected chi connectivity index (χ2v) is 9.63. The Bertz CT molecular complexity index is 1110. The van der Waals surface area contributed by atoms with Gasteiger partial charge in [-0.3, -0.25) is 4.90 Å². The summed E-state index contributed by atoms with van der Waals surface area (Å²) < 4.78 is 1.44. The SMILES string of the molecule is OCc1cccc2c(CSCCN3CCc4c(sc5ccccc45)C3)c[nH]c12. The Balaban J connectivity index is 1.18. The lowest BCUT2D eigenvalue weighted by Crippen LogP contribution is -2.31. The number of thioether (sulfide) groups is 1. The first-order valence-corrected chi connectivity index (χ1v) is 11.8. The van der Waals surface area contributed by atoms with E-state index in [1.165, 1.54) is 34.0 Å². The van der Waals surface area contributed by atoms with Gasteiger partial charge in [-0.25, -0.2) is 0 Å². The zero-order valence-corrected chi connectivity index (χ0v) is 17.4. The molecule has 0 bridgehead atoms. The molecule has 0 spiro atoms. The molecule has 0 aliphatic carbocycles. The molecular weight excluding hydrogens is 384 g/mol. The molecule has 5 rings (SSSR count). The number of fused-ring (bicyclic) bond motifs is 4. The van der Waals surface area contributed by atoms with Crippen LogP contribution in [0, 0.1) is 0 Å². The lowest BCUT2D eigenvalue weighted by Gasteiger charge is -2.26. The molecule has 0 fully saturated rings. The highest BCUT2D eigenvalue weighted by Crippen LogP contribution is 2.35. The van der Waals surface area contributed by atoms with Crippen LogP contribution in [0.4, 0.5) is 0 Å². The lowest BCUT2D eigenvalue weighted by atomic mass is 10.0. The van der Waals surface area contributed by atoms with Gasteiger partial charge < -0.3 is 10.1 Å². The van der Waals surface area contributed by atoms with Gasteiger partial charge in [-0.05, 0) is 29.0 Å². The minimum Gasteiger partial charge on any atom is -0.392 e. The molecule has 2 N–H and O–H groups in total. The number of nitrogens with one attached hydrogen (secondary N) is 1. The van der Waals surface area contributed by atoms with Crippen LogP contribution < -0.4 is 0 Å². The number of rotatable bonds is 6. The number of aromatic nitrogens is 1. The fourth-order valence-electron chi connectivity index (χ4n) is 4.20. The van der Waals surface area contributed by atoms with Gasteiger partial charge in [0.2, 0.25) is 0 Å². The number of aromatic amines is 1. The molecule has 0 radical (unpaired) electrons. The van der Waals surface area contributed by atoms with Crippen LogP contribution in [0.25, 0.3) is 21.0 Å². The summed E-state index contributed by atoms with van der Waals surface area (Å²) in [5, 5.41) is 12.2. The van der Waals surface area contributed by atoms with E-state index in [1.807, 2.05) is 35.2 Å². The van der Waals surface area contributed by atoms with E-state index in [-0.39, 0.29) is 6.61 Å². The van der Waals surface area contributed by atoms with Crippen molar-refractivity contribution in [1.29, 1.82) is 0 Å². The summed E-state index contributed by atoms with van der Waals surface area (Å²) in [5.74, 6) is 2.16. The van der Waals surface area contributed by atoms with E-state index in [4.69, 9.17) is 0 Å². The highest BCUT2D eigenvalue weighted by molar-refractivity contribution is 7.98. The molecule has 0 saturated heterocycles. The van der Waals surface area contributed by atoms with Crippen molar-refractivity contribution in [3.8, 4) is 0 Å². The third kappa shape index (κ3) is 3.37. The third-order valence-corrected chi connectivity index (χ3v) is 7.88. The van der Waals surface area contributed by atoms with E-state index in [1.54, 1.807) is 10.4 Å². The second-order valence-electron chi connectivity index (χ2n) is 7.39. The second kappa shape index (κ2) is 7.91. The van der Waals surface area contributed by atoms with Crippen molar-refractivity contribution in [2.75, 3.05) is 18.8 Å². The summed E-state index contributed by atoms with van der Waals surface area (Å²) in [6.07, 6.45) is 3.28. The topological polar surface area (TPSA) is 39.3 Å². The average molecular weight is 409 g/mol. The zero-order valence-electron chi connectivity index (χ0n) is 15.8. The monoisotopic (exact) mass is 408 g/mol. The first kappa shape index (κ1) is 18.3. The van der Waals surface area contributed by atoms with Gasteiger partial charge in [0, 0.05) is 57.9 Å². The number of benzene rings is 2. The van der Waals surface area contributed by atoms with Gasteiger partial charge in [0.15, 0.2) is 0 Å². The Kier molecular flexibility index (Phi) is 5.16. The number of hydrogen-bond donors (Lipinski definition) is 2. The maximum absolute atomic E-state index is 9.49. The number of H-pyrrole nitrogens is 1. The van der Waals surface area contributed by atoms with Gasteiger partial charge in [0.25, 0.3) is 0 Å². The lowest BCUT2D eigenvalue weighted by molar-refractivity contribution is 0.274. The molecule has 3 heterocycles. The molecule has 1 aliphatic heterocycles. The number of para-hydroxylation sites is 1. The summed E-state index contributed by atoms with van der Waals surface area (Å²) in [5.41, 5.74) is 4.97. The summed E-state index contributed by atoms with van der Waals surface area (Å²) in [4.78, 5) is 7.50. The smallest absolute Gasteiger partial charge is 0.0702 e. The molecule has 2 aromatic heterocycles. The molecule has 0 atom stereocenters. The molecule has 5 heteroatoms. The van der Waals surface area contributed by atoms with Crippen molar-refractivity contribution in [3.63, 3.8) is 0 Å². The Morgan fingerprint density at radius 1 is 1.07 bits per heavy atom. The molecule has 0 amide bonds. The molecule has 0 unspecified atom stereocenters. The summed E-state index contributed by atoms with van der Waals surface area (Å²) in [7, 11) is 0. The maximum atomic E-state index is 9.49. The van der Waals surface area contributed by atoms with Gasteiger partial charge in [-0.2, -0.15) is 11.8 Å². The molecule has 144 valence electrons. The van der Waals surface area contributed by atoms with Gasteiger partial charge in [0.05, 0.1) is 12.1 Å². The van der Waals surface area contributed by atoms with E-state index >= 15 is 0 Å². The quantitative estimate of drug-likeness (QED) is 0.433. The standard InChI is InChI=1S/C23H24N2OS2/c26-14-16-4-3-6-18-17(12-24-23(16)18)15-27-11-10-25-9-8-20-19-5-1-2-7-21(19)28-22(20)13-25/h1-7,12,24,26H,8-11,13-15H2. The van der Waals surface area contributed by atoms with Crippen molar-refractivity contribution in [2.45, 2.75) is 25.3 Å². The third-order valence-electron chi connectivity index (χ3n) is 5.69. The summed E-state index contributed by atoms with van der Waals surface area (Å²) in [6.45, 7) is 3.49. The highest BCUT2D eigenvalue weighted by atomic mass is 32.2. The first-order valence-electron chi connectivity index (χ1n) is 9.81. The predicted molar refractivity (Wildman–Crippen MR) is 121 cm³/mol. The Morgan fingerprint density at radius 3 is 2.89 bits per heavy atom. The molecule has 28 heavy (non-hydrogen) atoms. The van der Waals surface area contributed by atoms with Crippen LogP contribution in [0.3, 0.4) is 0 Å². The van der Waals surface area contributed by atoms with Crippen LogP contribution in [0.1, 0.15) is 21.6 Å². The van der Waals surface area contributed by atoms with Crippen molar-refractivity contribution in [1.82, 2.24) is 9.88 Å². The van der Waals surface area contributed by atoms with Crippen LogP contribution in [0.5, 0.6) is 0 Å². The van der Waals surface area contributed by atoms with Crippen LogP contribution >= 0.6 is 23.1 Å². The van der Waals surface area contributed by atoms with Crippen LogP contribution in [-0.4, -0.2) is 33.8 Å². The summed E-state index contributed by atoms with van der Waals surface area (Å²) in [6, 6.07) is 15.0. The normalized spacial score (nSPS) is 14.8. The number of hydrogen-bond acceptors (Lipinski definition) is 4. The first-order chi connectivity index (χ1) is 13.8. The fourth-order valence-corrected chi connectivity index (χ4v) is 6.48. The van der Waals surface area contributed by atoms with Crippen molar-refractivity contribution in [3.05, 3.63) is 70.2 Å². The van der Waals surface area contributed by atoms with Crippen LogP contribution in [0.2, 0.25) is 0 Å².